The van der Waals surface area contributed by atoms with Crippen LogP contribution in [0, 0.1) is 18.3 Å². The van der Waals surface area contributed by atoms with Crippen LogP contribution in [0.5, 0.6) is 11.5 Å². The second-order valence-electron chi connectivity index (χ2n) is 5.02. The topological polar surface area (TPSA) is 58.2 Å². The van der Waals surface area contributed by atoms with Crippen molar-refractivity contribution in [3.63, 3.8) is 0 Å². The van der Waals surface area contributed by atoms with Crippen molar-refractivity contribution in [3.8, 4) is 23.3 Å². The first-order valence-electron chi connectivity index (χ1n) is 6.76. The SMILES string of the molecule is COc1ccc(-n2c(C)c(C#N)c3c(Br)c(O)c(Br)cc32)cc1. The fourth-order valence-corrected chi connectivity index (χ4v) is 3.98. The van der Waals surface area contributed by atoms with Crippen LogP contribution in [0.25, 0.3) is 16.6 Å². The van der Waals surface area contributed by atoms with Crippen LogP contribution in [0.1, 0.15) is 11.3 Å². The van der Waals surface area contributed by atoms with Gasteiger partial charge in [-0.25, -0.2) is 0 Å². The van der Waals surface area contributed by atoms with Gasteiger partial charge in [-0.05, 0) is 69.1 Å². The number of benzene rings is 2. The molecule has 0 amide bonds. The number of rotatable bonds is 2. The molecule has 6 heteroatoms. The maximum Gasteiger partial charge on any atom is 0.144 e. The Morgan fingerprint density at radius 1 is 1.22 bits per heavy atom. The van der Waals surface area contributed by atoms with Gasteiger partial charge in [-0.2, -0.15) is 5.26 Å². The van der Waals surface area contributed by atoms with Crippen LogP contribution in [0.3, 0.4) is 0 Å². The van der Waals surface area contributed by atoms with Crippen molar-refractivity contribution in [2.45, 2.75) is 6.92 Å². The molecule has 4 nitrogen and oxygen atoms in total. The van der Waals surface area contributed by atoms with E-state index in [9.17, 15) is 10.4 Å². The largest absolute Gasteiger partial charge is 0.506 e. The van der Waals surface area contributed by atoms with E-state index in [0.717, 1.165) is 22.6 Å². The molecular weight excluding hydrogens is 424 g/mol. The Morgan fingerprint density at radius 3 is 2.43 bits per heavy atom. The van der Waals surface area contributed by atoms with Gasteiger partial charge >= 0.3 is 0 Å². The maximum atomic E-state index is 10.1. The number of hydrogen-bond donors (Lipinski definition) is 1. The molecule has 0 saturated heterocycles. The second-order valence-corrected chi connectivity index (χ2v) is 6.67. The fourth-order valence-electron chi connectivity index (χ4n) is 2.68. The van der Waals surface area contributed by atoms with Crippen molar-refractivity contribution in [2.24, 2.45) is 0 Å². The molecular formula is C17H12Br2N2O2. The van der Waals surface area contributed by atoms with Gasteiger partial charge in [0, 0.05) is 16.8 Å². The molecule has 0 bridgehead atoms. The normalized spacial score (nSPS) is 10.7. The van der Waals surface area contributed by atoms with E-state index in [2.05, 4.69) is 37.9 Å². The first-order chi connectivity index (χ1) is 11.0. The van der Waals surface area contributed by atoms with Crippen LogP contribution in [-0.2, 0) is 0 Å². The van der Waals surface area contributed by atoms with Crippen LogP contribution in [0.2, 0.25) is 0 Å². The van der Waals surface area contributed by atoms with E-state index in [1.807, 2.05) is 41.8 Å². The molecule has 1 heterocycles. The van der Waals surface area contributed by atoms with E-state index < -0.39 is 0 Å². The summed E-state index contributed by atoms with van der Waals surface area (Å²) in [6.07, 6.45) is 0. The average molecular weight is 436 g/mol. The Morgan fingerprint density at radius 2 is 1.87 bits per heavy atom. The summed E-state index contributed by atoms with van der Waals surface area (Å²) in [5.74, 6) is 0.851. The van der Waals surface area contributed by atoms with Gasteiger partial charge in [0.2, 0.25) is 0 Å². The van der Waals surface area contributed by atoms with E-state index in [4.69, 9.17) is 4.74 Å². The molecule has 1 aromatic heterocycles. The zero-order valence-electron chi connectivity index (χ0n) is 12.4. The summed E-state index contributed by atoms with van der Waals surface area (Å²) in [5.41, 5.74) is 3.09. The average Bonchev–Trinajstić information content (AvgIpc) is 2.84. The highest BCUT2D eigenvalue weighted by atomic mass is 79.9. The summed E-state index contributed by atoms with van der Waals surface area (Å²) in [6.45, 7) is 1.89. The lowest BCUT2D eigenvalue weighted by Gasteiger charge is -2.10. The minimum atomic E-state index is 0.0841. The van der Waals surface area contributed by atoms with E-state index in [0.29, 0.717) is 19.9 Å². The predicted octanol–water partition coefficient (Wildman–Crippen LogP) is 5.05. The van der Waals surface area contributed by atoms with Gasteiger partial charge in [0.1, 0.15) is 17.6 Å². The van der Waals surface area contributed by atoms with Crippen molar-refractivity contribution in [3.05, 3.63) is 50.5 Å². The molecule has 3 rings (SSSR count). The maximum absolute atomic E-state index is 10.1. The lowest BCUT2D eigenvalue weighted by atomic mass is 10.1. The van der Waals surface area contributed by atoms with Crippen LogP contribution >= 0.6 is 31.9 Å². The summed E-state index contributed by atoms with van der Waals surface area (Å²) in [6, 6.07) is 11.7. The van der Waals surface area contributed by atoms with E-state index in [1.165, 1.54) is 0 Å². The van der Waals surface area contributed by atoms with E-state index in [1.54, 1.807) is 7.11 Å². The Bertz CT molecular complexity index is 954. The van der Waals surface area contributed by atoms with Gasteiger partial charge in [0.25, 0.3) is 0 Å². The minimum absolute atomic E-state index is 0.0841. The Hall–Kier alpha value is -1.97. The Labute approximate surface area is 150 Å². The number of phenols is 1. The molecule has 0 aliphatic carbocycles. The number of aromatic hydroxyl groups is 1. The minimum Gasteiger partial charge on any atom is -0.506 e. The summed E-state index contributed by atoms with van der Waals surface area (Å²) >= 11 is 6.76. The first kappa shape index (κ1) is 15.9. The third kappa shape index (κ3) is 2.41. The van der Waals surface area contributed by atoms with Gasteiger partial charge in [0.15, 0.2) is 0 Å². The molecule has 0 atom stereocenters. The number of aromatic nitrogens is 1. The van der Waals surface area contributed by atoms with Crippen molar-refractivity contribution < 1.29 is 9.84 Å². The van der Waals surface area contributed by atoms with Gasteiger partial charge in [0.05, 0.1) is 27.1 Å². The number of phenolic OH excluding ortho intramolecular Hbond substituents is 1. The molecule has 2 aromatic carbocycles. The van der Waals surface area contributed by atoms with Crippen LogP contribution in [0.4, 0.5) is 0 Å². The highest BCUT2D eigenvalue weighted by Crippen LogP contribution is 2.42. The standard InChI is InChI=1S/C17H12Br2N2O2/c1-9-12(8-20)15-14(7-13(18)17(22)16(15)19)21(9)10-3-5-11(23-2)6-4-10/h3-7,22H,1-2H3. The summed E-state index contributed by atoms with van der Waals surface area (Å²) in [5, 5.41) is 20.4. The third-order valence-corrected chi connectivity index (χ3v) is 5.18. The van der Waals surface area contributed by atoms with E-state index >= 15 is 0 Å². The van der Waals surface area contributed by atoms with Crippen LogP contribution in [0.15, 0.2) is 39.3 Å². The molecule has 0 saturated carbocycles. The lowest BCUT2D eigenvalue weighted by Crippen LogP contribution is -1.97. The monoisotopic (exact) mass is 434 g/mol. The van der Waals surface area contributed by atoms with Crippen molar-refractivity contribution >= 4 is 42.8 Å². The molecule has 23 heavy (non-hydrogen) atoms. The molecule has 1 N–H and O–H groups in total. The highest BCUT2D eigenvalue weighted by molar-refractivity contribution is 9.11. The summed E-state index contributed by atoms with van der Waals surface area (Å²) in [4.78, 5) is 0. The highest BCUT2D eigenvalue weighted by Gasteiger charge is 2.21. The lowest BCUT2D eigenvalue weighted by molar-refractivity contribution is 0.415. The quantitative estimate of drug-likeness (QED) is 0.612. The zero-order valence-corrected chi connectivity index (χ0v) is 15.6. The molecule has 116 valence electrons. The summed E-state index contributed by atoms with van der Waals surface area (Å²) in [7, 11) is 1.62. The number of nitriles is 1. The number of methoxy groups -OCH3 is 1. The van der Waals surface area contributed by atoms with Gasteiger partial charge in [-0.1, -0.05) is 0 Å². The van der Waals surface area contributed by atoms with Gasteiger partial charge < -0.3 is 14.4 Å². The van der Waals surface area contributed by atoms with Crippen molar-refractivity contribution in [1.29, 1.82) is 5.26 Å². The predicted molar refractivity (Wildman–Crippen MR) is 96.3 cm³/mol. The molecule has 0 aliphatic heterocycles. The van der Waals surface area contributed by atoms with Gasteiger partial charge in [-0.15, -0.1) is 0 Å². The number of hydrogen-bond acceptors (Lipinski definition) is 3. The molecule has 0 unspecified atom stereocenters. The number of halogens is 2. The number of fused-ring (bicyclic) bond motifs is 1. The molecule has 3 aromatic rings. The summed E-state index contributed by atoms with van der Waals surface area (Å²) < 4.78 is 8.25. The Kier molecular flexibility index (Phi) is 4.09. The second kappa shape index (κ2) is 5.91. The smallest absolute Gasteiger partial charge is 0.144 e. The van der Waals surface area contributed by atoms with Gasteiger partial charge in [-0.3, -0.25) is 0 Å². The first-order valence-corrected chi connectivity index (χ1v) is 8.34. The number of nitrogens with zero attached hydrogens (tertiary/aromatic N) is 2. The Balaban J connectivity index is 2.41. The van der Waals surface area contributed by atoms with Crippen molar-refractivity contribution in [2.75, 3.05) is 7.11 Å². The molecule has 0 fully saturated rings. The molecule has 0 spiro atoms. The van der Waals surface area contributed by atoms with E-state index in [-0.39, 0.29) is 5.75 Å². The molecule has 0 radical (unpaired) electrons. The molecule has 0 aliphatic rings. The zero-order chi connectivity index (χ0) is 16.7. The number of ether oxygens (including phenoxy) is 1. The van der Waals surface area contributed by atoms with Crippen LogP contribution in [-0.4, -0.2) is 16.8 Å². The van der Waals surface area contributed by atoms with Crippen LogP contribution < -0.4 is 4.74 Å². The fraction of sp³-hybridized carbons (Fsp3) is 0.118. The van der Waals surface area contributed by atoms with Crippen molar-refractivity contribution in [1.82, 2.24) is 4.57 Å². The third-order valence-electron chi connectivity index (χ3n) is 3.80.